The third kappa shape index (κ3) is 3.05. The van der Waals surface area contributed by atoms with Gasteiger partial charge < -0.3 is 15.4 Å². The minimum absolute atomic E-state index is 0.162. The molecule has 1 unspecified atom stereocenters. The Morgan fingerprint density at radius 1 is 1.47 bits per heavy atom. The largest absolute Gasteiger partial charge is 0.485 e. The van der Waals surface area contributed by atoms with Gasteiger partial charge in [-0.1, -0.05) is 12.1 Å². The van der Waals surface area contributed by atoms with Crippen LogP contribution in [0.5, 0.6) is 5.75 Å². The minimum atomic E-state index is 0.162. The third-order valence-electron chi connectivity index (χ3n) is 3.05. The topological polar surface area (TPSA) is 46.2 Å². The Balaban J connectivity index is 1.50. The van der Waals surface area contributed by atoms with Crippen molar-refractivity contribution in [2.45, 2.75) is 19.6 Å². The lowest BCUT2D eigenvalue weighted by Gasteiger charge is -2.27. The van der Waals surface area contributed by atoms with Crippen molar-refractivity contribution in [1.82, 2.24) is 10.3 Å². The van der Waals surface area contributed by atoms with Gasteiger partial charge >= 0.3 is 0 Å². The van der Waals surface area contributed by atoms with Gasteiger partial charge in [0.15, 0.2) is 0 Å². The van der Waals surface area contributed by atoms with E-state index in [0.29, 0.717) is 0 Å². The van der Waals surface area contributed by atoms with Crippen molar-refractivity contribution in [3.63, 3.8) is 0 Å². The normalized spacial score (nSPS) is 17.4. The van der Waals surface area contributed by atoms with E-state index < -0.39 is 0 Å². The molecule has 0 aliphatic carbocycles. The number of nitrogens with one attached hydrogen (secondary N) is 2. The molecule has 2 N–H and O–H groups in total. The van der Waals surface area contributed by atoms with Gasteiger partial charge in [-0.15, -0.1) is 11.3 Å². The van der Waals surface area contributed by atoms with E-state index in [9.17, 15) is 0 Å². The zero-order chi connectivity index (χ0) is 13.1. The van der Waals surface area contributed by atoms with Crippen LogP contribution in [0.1, 0.15) is 10.7 Å². The fraction of sp³-hybridized carbons (Fsp3) is 0.357. The van der Waals surface area contributed by atoms with Crippen molar-refractivity contribution >= 4 is 17.0 Å². The van der Waals surface area contributed by atoms with E-state index in [1.165, 1.54) is 0 Å². The van der Waals surface area contributed by atoms with Gasteiger partial charge in [0.05, 0.1) is 22.9 Å². The molecule has 2 heterocycles. The van der Waals surface area contributed by atoms with Gasteiger partial charge in [-0.25, -0.2) is 4.98 Å². The summed E-state index contributed by atoms with van der Waals surface area (Å²) in [5.41, 5.74) is 2.18. The van der Waals surface area contributed by atoms with Gasteiger partial charge in [-0.2, -0.15) is 0 Å². The van der Waals surface area contributed by atoms with Crippen LogP contribution in [0, 0.1) is 6.92 Å². The SMILES string of the molecule is Cc1nc(CNCC2CNc3ccccc3O2)cs1. The zero-order valence-corrected chi connectivity index (χ0v) is 11.7. The molecule has 1 aromatic carbocycles. The lowest BCUT2D eigenvalue weighted by Crippen LogP contribution is -2.39. The highest BCUT2D eigenvalue weighted by molar-refractivity contribution is 7.09. The van der Waals surface area contributed by atoms with Crippen LogP contribution < -0.4 is 15.4 Å². The summed E-state index contributed by atoms with van der Waals surface area (Å²) in [5.74, 6) is 0.935. The summed E-state index contributed by atoms with van der Waals surface area (Å²) in [6.45, 7) is 4.48. The van der Waals surface area contributed by atoms with Crippen LogP contribution >= 0.6 is 11.3 Å². The number of hydrogen-bond acceptors (Lipinski definition) is 5. The predicted molar refractivity (Wildman–Crippen MR) is 77.9 cm³/mol. The first-order valence-electron chi connectivity index (χ1n) is 6.42. The summed E-state index contributed by atoms with van der Waals surface area (Å²) in [6.07, 6.45) is 0.162. The smallest absolute Gasteiger partial charge is 0.142 e. The molecule has 5 heteroatoms. The van der Waals surface area contributed by atoms with Gasteiger partial charge in [0, 0.05) is 18.5 Å². The molecule has 0 saturated carbocycles. The standard InChI is InChI=1S/C14H17N3OS/c1-10-17-11(9-19-10)6-15-7-12-8-16-13-4-2-3-5-14(13)18-12/h2-5,9,12,15-16H,6-8H2,1H3. The highest BCUT2D eigenvalue weighted by Gasteiger charge is 2.18. The number of ether oxygens (including phenoxy) is 1. The van der Waals surface area contributed by atoms with Crippen LogP contribution in [-0.4, -0.2) is 24.2 Å². The Hall–Kier alpha value is -1.59. The van der Waals surface area contributed by atoms with Gasteiger partial charge in [0.1, 0.15) is 11.9 Å². The zero-order valence-electron chi connectivity index (χ0n) is 10.8. The van der Waals surface area contributed by atoms with Gasteiger partial charge in [-0.05, 0) is 19.1 Å². The van der Waals surface area contributed by atoms with Crippen molar-refractivity contribution in [1.29, 1.82) is 0 Å². The van der Waals surface area contributed by atoms with Crippen molar-refractivity contribution in [3.05, 3.63) is 40.3 Å². The number of anilines is 1. The summed E-state index contributed by atoms with van der Waals surface area (Å²) in [7, 11) is 0. The fourth-order valence-electron chi connectivity index (χ4n) is 2.12. The molecule has 4 nitrogen and oxygen atoms in total. The number of nitrogens with zero attached hydrogens (tertiary/aromatic N) is 1. The van der Waals surface area contributed by atoms with Crippen LogP contribution in [0.15, 0.2) is 29.6 Å². The number of hydrogen-bond donors (Lipinski definition) is 2. The second kappa shape index (κ2) is 5.59. The molecule has 19 heavy (non-hydrogen) atoms. The molecular weight excluding hydrogens is 258 g/mol. The molecule has 100 valence electrons. The van der Waals surface area contributed by atoms with Gasteiger partial charge in [-0.3, -0.25) is 0 Å². The summed E-state index contributed by atoms with van der Waals surface area (Å²) in [4.78, 5) is 4.43. The molecule has 1 aliphatic heterocycles. The molecule has 1 aliphatic rings. The first-order chi connectivity index (χ1) is 9.31. The lowest BCUT2D eigenvalue weighted by molar-refractivity contribution is 0.201. The highest BCUT2D eigenvalue weighted by atomic mass is 32.1. The van der Waals surface area contributed by atoms with Crippen molar-refractivity contribution in [2.24, 2.45) is 0 Å². The van der Waals surface area contributed by atoms with E-state index in [1.54, 1.807) is 11.3 Å². The van der Waals surface area contributed by atoms with Crippen LogP contribution in [0.25, 0.3) is 0 Å². The van der Waals surface area contributed by atoms with Crippen molar-refractivity contribution < 1.29 is 4.74 Å². The van der Waals surface area contributed by atoms with E-state index >= 15 is 0 Å². The number of aryl methyl sites for hydroxylation is 1. The maximum absolute atomic E-state index is 5.93. The summed E-state index contributed by atoms with van der Waals surface area (Å²) in [6, 6.07) is 8.04. The summed E-state index contributed by atoms with van der Waals surface area (Å²) in [5, 5.41) is 9.99. The molecule has 3 rings (SSSR count). The summed E-state index contributed by atoms with van der Waals surface area (Å²) < 4.78 is 5.93. The van der Waals surface area contributed by atoms with Gasteiger partial charge in [0.25, 0.3) is 0 Å². The molecule has 0 radical (unpaired) electrons. The average Bonchev–Trinajstić information content (AvgIpc) is 2.84. The van der Waals surface area contributed by atoms with Gasteiger partial charge in [0.2, 0.25) is 0 Å². The molecule has 0 saturated heterocycles. The van der Waals surface area contributed by atoms with Crippen LogP contribution in [0.2, 0.25) is 0 Å². The van der Waals surface area contributed by atoms with Crippen LogP contribution in [0.3, 0.4) is 0 Å². The molecule has 0 amide bonds. The summed E-state index contributed by atoms with van der Waals surface area (Å²) >= 11 is 1.69. The molecule has 1 atom stereocenters. The Labute approximate surface area is 116 Å². The van der Waals surface area contributed by atoms with Crippen molar-refractivity contribution in [2.75, 3.05) is 18.4 Å². The molecule has 0 fully saturated rings. The number of benzene rings is 1. The number of para-hydroxylation sites is 2. The fourth-order valence-corrected chi connectivity index (χ4v) is 2.74. The molecule has 1 aromatic heterocycles. The third-order valence-corrected chi connectivity index (χ3v) is 3.87. The highest BCUT2D eigenvalue weighted by Crippen LogP contribution is 2.27. The Bertz CT molecular complexity index is 555. The monoisotopic (exact) mass is 275 g/mol. The molecule has 2 aromatic rings. The molecular formula is C14H17N3OS. The van der Waals surface area contributed by atoms with E-state index in [0.717, 1.165) is 41.8 Å². The maximum Gasteiger partial charge on any atom is 0.142 e. The number of thiazole rings is 1. The number of aromatic nitrogens is 1. The Kier molecular flexibility index (Phi) is 3.66. The van der Waals surface area contributed by atoms with E-state index in [-0.39, 0.29) is 6.10 Å². The molecule has 0 bridgehead atoms. The number of fused-ring (bicyclic) bond motifs is 1. The Morgan fingerprint density at radius 2 is 2.37 bits per heavy atom. The minimum Gasteiger partial charge on any atom is -0.485 e. The lowest BCUT2D eigenvalue weighted by atomic mass is 10.2. The van der Waals surface area contributed by atoms with Crippen LogP contribution in [-0.2, 0) is 6.54 Å². The molecule has 0 spiro atoms. The number of rotatable bonds is 4. The first-order valence-corrected chi connectivity index (χ1v) is 7.30. The van der Waals surface area contributed by atoms with Crippen molar-refractivity contribution in [3.8, 4) is 5.75 Å². The second-order valence-electron chi connectivity index (χ2n) is 4.61. The van der Waals surface area contributed by atoms with Crippen LogP contribution in [0.4, 0.5) is 5.69 Å². The maximum atomic E-state index is 5.93. The Morgan fingerprint density at radius 3 is 3.21 bits per heavy atom. The predicted octanol–water partition coefficient (Wildman–Crippen LogP) is 2.41. The van der Waals surface area contributed by atoms with E-state index in [4.69, 9.17) is 4.74 Å². The quantitative estimate of drug-likeness (QED) is 0.899. The first kappa shape index (κ1) is 12.4. The second-order valence-corrected chi connectivity index (χ2v) is 5.67. The van der Waals surface area contributed by atoms with E-state index in [1.807, 2.05) is 31.2 Å². The average molecular weight is 275 g/mol. The van der Waals surface area contributed by atoms with E-state index in [2.05, 4.69) is 21.0 Å².